The first-order valence-electron chi connectivity index (χ1n) is 8.68. The monoisotopic (exact) mass is 349 g/mol. The first kappa shape index (κ1) is 15.9. The van der Waals surface area contributed by atoms with E-state index in [0.29, 0.717) is 12.3 Å². The van der Waals surface area contributed by atoms with E-state index >= 15 is 0 Å². The molecule has 24 heavy (non-hydrogen) atoms. The summed E-state index contributed by atoms with van der Waals surface area (Å²) in [6, 6.07) is 7.96. The van der Waals surface area contributed by atoms with E-state index in [-0.39, 0.29) is 17.0 Å². The van der Waals surface area contributed by atoms with Crippen LogP contribution in [0.5, 0.6) is 0 Å². The maximum absolute atomic E-state index is 12.3. The first-order chi connectivity index (χ1) is 11.5. The minimum Gasteiger partial charge on any atom is -0.306 e. The zero-order valence-electron chi connectivity index (χ0n) is 13.6. The molecule has 7 heteroatoms. The van der Waals surface area contributed by atoms with Crippen molar-refractivity contribution in [2.75, 3.05) is 25.4 Å². The molecule has 2 fully saturated rings. The molecule has 3 heterocycles. The molecule has 0 spiro atoms. The number of piperidine rings is 1. The predicted octanol–water partition coefficient (Wildman–Crippen LogP) is 1.54. The number of imidazole rings is 1. The van der Waals surface area contributed by atoms with Gasteiger partial charge in [-0.15, -0.1) is 0 Å². The fourth-order valence-electron chi connectivity index (χ4n) is 4.15. The molecule has 130 valence electrons. The van der Waals surface area contributed by atoms with Crippen LogP contribution in [0.1, 0.15) is 31.7 Å². The van der Waals surface area contributed by atoms with Crippen LogP contribution in [0.2, 0.25) is 0 Å². The van der Waals surface area contributed by atoms with Crippen LogP contribution in [0.3, 0.4) is 0 Å². The van der Waals surface area contributed by atoms with Gasteiger partial charge in [0.2, 0.25) is 0 Å². The molecule has 1 N–H and O–H groups in total. The average molecular weight is 349 g/mol. The molecule has 2 saturated heterocycles. The van der Waals surface area contributed by atoms with Crippen LogP contribution >= 0.6 is 0 Å². The van der Waals surface area contributed by atoms with E-state index in [0.717, 1.165) is 49.8 Å². The van der Waals surface area contributed by atoms with Crippen molar-refractivity contribution in [3.05, 3.63) is 34.7 Å². The molecule has 1 aromatic carbocycles. The number of hydrogen-bond donors (Lipinski definition) is 1. The summed E-state index contributed by atoms with van der Waals surface area (Å²) in [7, 11) is -2.88. The standard InChI is InChI=1S/C17H23N3O3S/c21-17-18-15-5-1-2-6-16(15)20(17)13-7-9-19(10-8-13)12-14-4-3-11-24(14,22)23/h1-2,5-6,13-14H,3-4,7-12H2,(H,18,21). The Kier molecular flexibility index (Phi) is 4.00. The number of rotatable bonds is 3. The number of likely N-dealkylation sites (tertiary alicyclic amines) is 1. The lowest BCUT2D eigenvalue weighted by Crippen LogP contribution is -2.41. The van der Waals surface area contributed by atoms with Crippen LogP contribution in [-0.4, -0.2) is 53.5 Å². The molecule has 6 nitrogen and oxygen atoms in total. The number of aromatic nitrogens is 2. The van der Waals surface area contributed by atoms with Gasteiger partial charge in [-0.25, -0.2) is 13.2 Å². The second-order valence-electron chi connectivity index (χ2n) is 6.98. The van der Waals surface area contributed by atoms with Gasteiger partial charge >= 0.3 is 5.69 Å². The number of H-pyrrole nitrogens is 1. The highest BCUT2D eigenvalue weighted by molar-refractivity contribution is 7.92. The highest BCUT2D eigenvalue weighted by atomic mass is 32.2. The predicted molar refractivity (Wildman–Crippen MR) is 94.1 cm³/mol. The molecule has 1 aromatic heterocycles. The first-order valence-corrected chi connectivity index (χ1v) is 10.4. The minimum absolute atomic E-state index is 0.0481. The normalized spacial score (nSPS) is 25.4. The topological polar surface area (TPSA) is 75.2 Å². The van der Waals surface area contributed by atoms with Crippen LogP contribution < -0.4 is 5.69 Å². The lowest BCUT2D eigenvalue weighted by Gasteiger charge is -2.33. The molecule has 0 radical (unpaired) electrons. The smallest absolute Gasteiger partial charge is 0.306 e. The van der Waals surface area contributed by atoms with Gasteiger partial charge in [0.25, 0.3) is 0 Å². The van der Waals surface area contributed by atoms with Gasteiger partial charge in [0.1, 0.15) is 0 Å². The molecule has 2 aliphatic rings. The van der Waals surface area contributed by atoms with Crippen LogP contribution in [0.25, 0.3) is 11.0 Å². The Morgan fingerprint density at radius 2 is 1.88 bits per heavy atom. The third-order valence-corrected chi connectivity index (χ3v) is 7.73. The lowest BCUT2D eigenvalue weighted by molar-refractivity contribution is 0.186. The van der Waals surface area contributed by atoms with Gasteiger partial charge in [-0.1, -0.05) is 12.1 Å². The van der Waals surface area contributed by atoms with Crippen molar-refractivity contribution in [2.24, 2.45) is 0 Å². The van der Waals surface area contributed by atoms with Gasteiger partial charge in [0.15, 0.2) is 9.84 Å². The summed E-state index contributed by atoms with van der Waals surface area (Å²) in [6.45, 7) is 2.35. The van der Waals surface area contributed by atoms with Gasteiger partial charge < -0.3 is 9.88 Å². The zero-order chi connectivity index (χ0) is 16.7. The molecule has 1 atom stereocenters. The van der Waals surface area contributed by atoms with E-state index in [1.54, 1.807) is 0 Å². The molecule has 0 aliphatic carbocycles. The van der Waals surface area contributed by atoms with Crippen LogP contribution in [0.4, 0.5) is 0 Å². The summed E-state index contributed by atoms with van der Waals surface area (Å²) >= 11 is 0. The van der Waals surface area contributed by atoms with Crippen molar-refractivity contribution in [1.29, 1.82) is 0 Å². The number of aromatic amines is 1. The van der Waals surface area contributed by atoms with Gasteiger partial charge in [-0.3, -0.25) is 4.57 Å². The fourth-order valence-corrected chi connectivity index (χ4v) is 6.01. The molecule has 0 saturated carbocycles. The Morgan fingerprint density at radius 3 is 2.58 bits per heavy atom. The van der Waals surface area contributed by atoms with E-state index in [2.05, 4.69) is 9.88 Å². The fraction of sp³-hybridized carbons (Fsp3) is 0.588. The highest BCUT2D eigenvalue weighted by Gasteiger charge is 2.34. The Morgan fingerprint density at radius 1 is 1.12 bits per heavy atom. The summed E-state index contributed by atoms with van der Waals surface area (Å²) in [6.07, 6.45) is 3.36. The molecule has 0 amide bonds. The van der Waals surface area contributed by atoms with Crippen molar-refractivity contribution in [1.82, 2.24) is 14.5 Å². The molecular formula is C17H23N3O3S. The summed E-state index contributed by atoms with van der Waals surface area (Å²) < 4.78 is 25.9. The van der Waals surface area contributed by atoms with Gasteiger partial charge in [0.05, 0.1) is 22.0 Å². The number of fused-ring (bicyclic) bond motifs is 1. The van der Waals surface area contributed by atoms with E-state index in [1.165, 1.54) is 0 Å². The van der Waals surface area contributed by atoms with Crippen molar-refractivity contribution in [2.45, 2.75) is 37.0 Å². The lowest BCUT2D eigenvalue weighted by atomic mass is 10.0. The molecule has 2 aliphatic heterocycles. The van der Waals surface area contributed by atoms with Gasteiger partial charge in [-0.2, -0.15) is 0 Å². The number of sulfone groups is 1. The Labute approximate surface area is 141 Å². The number of para-hydroxylation sites is 2. The van der Waals surface area contributed by atoms with Crippen molar-refractivity contribution in [3.63, 3.8) is 0 Å². The Hall–Kier alpha value is -1.60. The van der Waals surface area contributed by atoms with Gasteiger partial charge in [0, 0.05) is 25.7 Å². The van der Waals surface area contributed by atoms with E-state index in [1.807, 2.05) is 28.8 Å². The average Bonchev–Trinajstić information content (AvgIpc) is 3.07. The van der Waals surface area contributed by atoms with Crippen molar-refractivity contribution < 1.29 is 8.42 Å². The van der Waals surface area contributed by atoms with Gasteiger partial charge in [-0.05, 0) is 37.8 Å². The number of benzene rings is 1. The van der Waals surface area contributed by atoms with Crippen molar-refractivity contribution >= 4 is 20.9 Å². The molecule has 2 aromatic rings. The SMILES string of the molecule is O=c1[nH]c2ccccc2n1C1CCN(CC2CCCS2(=O)=O)CC1. The molecule has 4 rings (SSSR count). The van der Waals surface area contributed by atoms with E-state index in [9.17, 15) is 13.2 Å². The second kappa shape index (κ2) is 6.04. The second-order valence-corrected chi connectivity index (χ2v) is 9.38. The number of nitrogens with zero attached hydrogens (tertiary/aromatic N) is 2. The van der Waals surface area contributed by atoms with Crippen LogP contribution in [0.15, 0.2) is 29.1 Å². The number of nitrogens with one attached hydrogen (secondary N) is 1. The third-order valence-electron chi connectivity index (χ3n) is 5.47. The minimum atomic E-state index is -2.88. The van der Waals surface area contributed by atoms with E-state index in [4.69, 9.17) is 0 Å². The Balaban J connectivity index is 1.46. The largest absolute Gasteiger partial charge is 0.326 e. The van der Waals surface area contributed by atoms with E-state index < -0.39 is 9.84 Å². The summed E-state index contributed by atoms with van der Waals surface area (Å²) in [4.78, 5) is 17.5. The molecular weight excluding hydrogens is 326 g/mol. The van der Waals surface area contributed by atoms with Crippen molar-refractivity contribution in [3.8, 4) is 0 Å². The summed E-state index contributed by atoms with van der Waals surface area (Å²) in [5, 5.41) is -0.190. The summed E-state index contributed by atoms with van der Waals surface area (Å²) in [5.74, 6) is 0.346. The quantitative estimate of drug-likeness (QED) is 0.912. The maximum Gasteiger partial charge on any atom is 0.326 e. The highest BCUT2D eigenvalue weighted by Crippen LogP contribution is 2.27. The molecule has 0 bridgehead atoms. The zero-order valence-corrected chi connectivity index (χ0v) is 14.5. The van der Waals surface area contributed by atoms with Crippen LogP contribution in [0, 0.1) is 0 Å². The number of hydrogen-bond acceptors (Lipinski definition) is 4. The molecule has 1 unspecified atom stereocenters. The van der Waals surface area contributed by atoms with Crippen LogP contribution in [-0.2, 0) is 9.84 Å². The maximum atomic E-state index is 12.3. The third kappa shape index (κ3) is 2.80. The summed E-state index contributed by atoms with van der Waals surface area (Å²) in [5.41, 5.74) is 1.79. The Bertz CT molecular complexity index is 891.